The third-order valence-electron chi connectivity index (χ3n) is 2.56. The number of furan rings is 1. The molecule has 0 aliphatic carbocycles. The van der Waals surface area contributed by atoms with Gasteiger partial charge >= 0.3 is 0 Å². The number of aliphatic hydroxyl groups excluding tert-OH is 1. The fourth-order valence-corrected chi connectivity index (χ4v) is 2.10. The third-order valence-corrected chi connectivity index (χ3v) is 3.14. The topological polar surface area (TPSA) is 45.4 Å². The van der Waals surface area contributed by atoms with Gasteiger partial charge in [-0.3, -0.25) is 0 Å². The molecule has 0 aliphatic rings. The van der Waals surface area contributed by atoms with E-state index < -0.39 is 0 Å². The molecule has 1 rings (SSSR count). The number of thioether (sulfide) groups is 1. The zero-order valence-electron chi connectivity index (χ0n) is 10.6. The van der Waals surface area contributed by atoms with Crippen LogP contribution in [-0.4, -0.2) is 24.5 Å². The van der Waals surface area contributed by atoms with Gasteiger partial charge in [-0.05, 0) is 37.8 Å². The van der Waals surface area contributed by atoms with Gasteiger partial charge < -0.3 is 14.8 Å². The molecule has 0 fully saturated rings. The number of nitrogens with one attached hydrogen (secondary N) is 1. The lowest BCUT2D eigenvalue weighted by Gasteiger charge is -2.02. The minimum Gasteiger partial charge on any atom is -0.464 e. The quantitative estimate of drug-likeness (QED) is 0.633. The Morgan fingerprint density at radius 3 is 2.71 bits per heavy atom. The summed E-state index contributed by atoms with van der Waals surface area (Å²) in [6.45, 7) is 2.15. The number of aliphatic hydroxyl groups is 1. The van der Waals surface area contributed by atoms with E-state index in [4.69, 9.17) is 9.52 Å². The molecule has 0 spiro atoms. The molecule has 4 heteroatoms. The van der Waals surface area contributed by atoms with Gasteiger partial charge in [0.15, 0.2) is 0 Å². The number of hydrogen-bond acceptors (Lipinski definition) is 4. The van der Waals surface area contributed by atoms with Gasteiger partial charge in [0, 0.05) is 6.61 Å². The van der Waals surface area contributed by atoms with Crippen LogP contribution in [0.1, 0.15) is 37.2 Å². The van der Waals surface area contributed by atoms with Crippen molar-refractivity contribution in [1.29, 1.82) is 0 Å². The second-order valence-electron chi connectivity index (χ2n) is 4.12. The van der Waals surface area contributed by atoms with Gasteiger partial charge in [0.25, 0.3) is 0 Å². The average molecular weight is 257 g/mol. The summed E-state index contributed by atoms with van der Waals surface area (Å²) in [5, 5.41) is 12.0. The maximum atomic E-state index is 8.63. The first-order valence-electron chi connectivity index (χ1n) is 6.25. The Hall–Kier alpha value is -0.450. The van der Waals surface area contributed by atoms with Crippen LogP contribution in [0, 0.1) is 0 Å². The molecule has 1 heterocycles. The fourth-order valence-electron chi connectivity index (χ4n) is 1.66. The molecule has 17 heavy (non-hydrogen) atoms. The van der Waals surface area contributed by atoms with Crippen LogP contribution in [0.25, 0.3) is 0 Å². The van der Waals surface area contributed by atoms with Gasteiger partial charge in [0.1, 0.15) is 11.5 Å². The first kappa shape index (κ1) is 14.6. The number of hydrogen-bond donors (Lipinski definition) is 2. The highest BCUT2D eigenvalue weighted by Crippen LogP contribution is 2.13. The molecule has 0 bridgehead atoms. The summed E-state index contributed by atoms with van der Waals surface area (Å²) in [6, 6.07) is 4.10. The molecular weight excluding hydrogens is 234 g/mol. The van der Waals surface area contributed by atoms with E-state index in [9.17, 15) is 0 Å². The fraction of sp³-hybridized carbons (Fsp3) is 0.692. The second kappa shape index (κ2) is 9.57. The highest BCUT2D eigenvalue weighted by atomic mass is 32.2. The maximum Gasteiger partial charge on any atom is 0.117 e. The van der Waals surface area contributed by atoms with Crippen LogP contribution in [0.2, 0.25) is 0 Å². The Kier molecular flexibility index (Phi) is 8.22. The van der Waals surface area contributed by atoms with E-state index in [0.717, 1.165) is 43.2 Å². The normalized spacial score (nSPS) is 10.9. The summed E-state index contributed by atoms with van der Waals surface area (Å²) >= 11 is 1.77. The van der Waals surface area contributed by atoms with Crippen LogP contribution >= 0.6 is 11.8 Å². The van der Waals surface area contributed by atoms with Crippen molar-refractivity contribution in [2.45, 2.75) is 38.0 Å². The molecule has 1 aromatic rings. The van der Waals surface area contributed by atoms with Crippen molar-refractivity contribution in [3.63, 3.8) is 0 Å². The predicted octanol–water partition coefficient (Wildman–Crippen LogP) is 2.78. The van der Waals surface area contributed by atoms with Crippen LogP contribution in [-0.2, 0) is 12.3 Å². The van der Waals surface area contributed by atoms with Gasteiger partial charge in [-0.25, -0.2) is 0 Å². The van der Waals surface area contributed by atoms with Crippen molar-refractivity contribution in [1.82, 2.24) is 5.32 Å². The molecule has 0 saturated heterocycles. The summed E-state index contributed by atoms with van der Waals surface area (Å²) in [4.78, 5) is 0. The summed E-state index contributed by atoms with van der Waals surface area (Å²) in [5.41, 5.74) is 0. The van der Waals surface area contributed by atoms with Crippen LogP contribution < -0.4 is 5.32 Å². The van der Waals surface area contributed by atoms with Crippen LogP contribution in [0.3, 0.4) is 0 Å². The molecule has 0 amide bonds. The van der Waals surface area contributed by atoms with Gasteiger partial charge in [0.05, 0.1) is 12.3 Å². The van der Waals surface area contributed by atoms with E-state index >= 15 is 0 Å². The standard InChI is InChI=1S/C13H23NO2S/c1-17-11-13-7-6-12(16-13)10-14-8-4-2-3-5-9-15/h6-7,14-15H,2-5,8-11H2,1H3. The zero-order valence-corrected chi connectivity index (χ0v) is 11.4. The lowest BCUT2D eigenvalue weighted by atomic mass is 10.2. The van der Waals surface area contributed by atoms with Gasteiger partial charge in [-0.1, -0.05) is 12.8 Å². The summed E-state index contributed by atoms with van der Waals surface area (Å²) in [6.07, 6.45) is 6.47. The Balaban J connectivity index is 2.01. The van der Waals surface area contributed by atoms with Crippen LogP contribution in [0.5, 0.6) is 0 Å². The number of unbranched alkanes of at least 4 members (excludes halogenated alkanes) is 3. The van der Waals surface area contributed by atoms with E-state index in [1.54, 1.807) is 11.8 Å². The van der Waals surface area contributed by atoms with Crippen molar-refractivity contribution >= 4 is 11.8 Å². The number of rotatable bonds is 10. The van der Waals surface area contributed by atoms with E-state index in [1.807, 2.05) is 6.07 Å². The molecule has 0 unspecified atom stereocenters. The van der Waals surface area contributed by atoms with Crippen LogP contribution in [0.15, 0.2) is 16.5 Å². The first-order valence-corrected chi connectivity index (χ1v) is 7.64. The minimum absolute atomic E-state index is 0.318. The lowest BCUT2D eigenvalue weighted by Crippen LogP contribution is -2.14. The molecule has 0 atom stereocenters. The van der Waals surface area contributed by atoms with Gasteiger partial charge in [-0.2, -0.15) is 11.8 Å². The minimum atomic E-state index is 0.318. The van der Waals surface area contributed by atoms with Crippen molar-refractivity contribution in [2.75, 3.05) is 19.4 Å². The molecule has 98 valence electrons. The second-order valence-corrected chi connectivity index (χ2v) is 4.98. The molecule has 0 saturated carbocycles. The van der Waals surface area contributed by atoms with Gasteiger partial charge in [0.2, 0.25) is 0 Å². The molecule has 0 aromatic carbocycles. The largest absolute Gasteiger partial charge is 0.464 e. The smallest absolute Gasteiger partial charge is 0.117 e. The Bertz CT molecular complexity index is 289. The zero-order chi connectivity index (χ0) is 12.3. The highest BCUT2D eigenvalue weighted by molar-refractivity contribution is 7.97. The molecule has 3 nitrogen and oxygen atoms in total. The predicted molar refractivity (Wildman–Crippen MR) is 73.2 cm³/mol. The molecule has 0 aliphatic heterocycles. The van der Waals surface area contributed by atoms with Crippen molar-refractivity contribution in [3.05, 3.63) is 23.7 Å². The third kappa shape index (κ3) is 6.76. The van der Waals surface area contributed by atoms with E-state index in [0.29, 0.717) is 6.61 Å². The van der Waals surface area contributed by atoms with Crippen molar-refractivity contribution in [3.8, 4) is 0 Å². The maximum absolute atomic E-state index is 8.63. The average Bonchev–Trinajstić information content (AvgIpc) is 2.76. The van der Waals surface area contributed by atoms with E-state index in [-0.39, 0.29) is 0 Å². The van der Waals surface area contributed by atoms with Gasteiger partial charge in [-0.15, -0.1) is 0 Å². The Morgan fingerprint density at radius 2 is 1.94 bits per heavy atom. The Labute approximate surface area is 108 Å². The van der Waals surface area contributed by atoms with E-state index in [2.05, 4.69) is 17.6 Å². The monoisotopic (exact) mass is 257 g/mol. The highest BCUT2D eigenvalue weighted by Gasteiger charge is 2.00. The molecule has 1 aromatic heterocycles. The van der Waals surface area contributed by atoms with Crippen molar-refractivity contribution < 1.29 is 9.52 Å². The molecular formula is C13H23NO2S. The summed E-state index contributed by atoms with van der Waals surface area (Å²) in [7, 11) is 0. The molecule has 2 N–H and O–H groups in total. The lowest BCUT2D eigenvalue weighted by molar-refractivity contribution is 0.282. The van der Waals surface area contributed by atoms with Crippen molar-refractivity contribution in [2.24, 2.45) is 0 Å². The van der Waals surface area contributed by atoms with E-state index in [1.165, 1.54) is 12.8 Å². The SMILES string of the molecule is CSCc1ccc(CNCCCCCCO)o1. The Morgan fingerprint density at radius 1 is 1.18 bits per heavy atom. The summed E-state index contributed by atoms with van der Waals surface area (Å²) < 4.78 is 5.65. The first-order chi connectivity index (χ1) is 8.36. The summed E-state index contributed by atoms with van der Waals surface area (Å²) in [5.74, 6) is 3.02. The molecule has 0 radical (unpaired) electrons. The van der Waals surface area contributed by atoms with Crippen LogP contribution in [0.4, 0.5) is 0 Å².